The number of fused-ring (bicyclic) bond motifs is 1. The first-order chi connectivity index (χ1) is 7.15. The molecule has 2 N–H and O–H groups in total. The van der Waals surface area contributed by atoms with Crippen LogP contribution in [-0.2, 0) is 0 Å². The van der Waals surface area contributed by atoms with Crippen molar-refractivity contribution in [1.29, 1.82) is 5.26 Å². The Morgan fingerprint density at radius 3 is 2.93 bits per heavy atom. The van der Waals surface area contributed by atoms with Gasteiger partial charge in [-0.3, -0.25) is 0 Å². The van der Waals surface area contributed by atoms with Crippen molar-refractivity contribution >= 4 is 11.4 Å². The minimum atomic E-state index is -0.466. The molecule has 0 amide bonds. The molecule has 4 heteroatoms. The van der Waals surface area contributed by atoms with Crippen molar-refractivity contribution in [2.24, 2.45) is 0 Å². The summed E-state index contributed by atoms with van der Waals surface area (Å²) in [6.45, 7) is 1.96. The highest BCUT2D eigenvalue weighted by Gasteiger charge is 2.31. The summed E-state index contributed by atoms with van der Waals surface area (Å²) in [5.74, 6) is 0.615. The average molecular weight is 203 g/mol. The van der Waals surface area contributed by atoms with E-state index in [9.17, 15) is 0 Å². The van der Waals surface area contributed by atoms with Crippen LogP contribution >= 0.6 is 0 Å². The van der Waals surface area contributed by atoms with Crippen LogP contribution < -0.4 is 15.4 Å². The van der Waals surface area contributed by atoms with Crippen LogP contribution in [0.15, 0.2) is 18.2 Å². The summed E-state index contributed by atoms with van der Waals surface area (Å²) in [7, 11) is 1.94. The van der Waals surface area contributed by atoms with Gasteiger partial charge < -0.3 is 15.4 Å². The monoisotopic (exact) mass is 203 g/mol. The molecule has 2 unspecified atom stereocenters. The summed E-state index contributed by atoms with van der Waals surface area (Å²) in [6, 6.07) is 7.76. The molecule has 1 aliphatic heterocycles. The molecule has 1 aromatic carbocycles. The van der Waals surface area contributed by atoms with Crippen LogP contribution in [-0.4, -0.2) is 19.2 Å². The lowest BCUT2D eigenvalue weighted by molar-refractivity contribution is 0.213. The lowest BCUT2D eigenvalue weighted by Gasteiger charge is -2.37. The van der Waals surface area contributed by atoms with Crippen LogP contribution in [0.5, 0.6) is 5.75 Å². The number of benzene rings is 1. The first kappa shape index (κ1) is 9.66. The predicted octanol–water partition coefficient (Wildman–Crippen LogP) is 1.38. The van der Waals surface area contributed by atoms with Gasteiger partial charge in [0.2, 0.25) is 6.10 Å². The maximum atomic E-state index is 8.95. The van der Waals surface area contributed by atoms with Gasteiger partial charge in [-0.25, -0.2) is 0 Å². The van der Waals surface area contributed by atoms with Gasteiger partial charge in [0.25, 0.3) is 0 Å². The minimum Gasteiger partial charge on any atom is -0.469 e. The van der Waals surface area contributed by atoms with Crippen molar-refractivity contribution in [3.63, 3.8) is 0 Å². The highest BCUT2D eigenvalue weighted by molar-refractivity contribution is 5.71. The number of nitrogen functional groups attached to an aromatic ring is 1. The second-order valence-corrected chi connectivity index (χ2v) is 3.71. The van der Waals surface area contributed by atoms with Gasteiger partial charge in [-0.2, -0.15) is 5.26 Å². The van der Waals surface area contributed by atoms with Crippen LogP contribution in [0.25, 0.3) is 0 Å². The van der Waals surface area contributed by atoms with Gasteiger partial charge in [-0.05, 0) is 19.1 Å². The number of likely N-dealkylation sites (N-methyl/N-ethyl adjacent to an activating group) is 1. The van der Waals surface area contributed by atoms with Crippen molar-refractivity contribution < 1.29 is 4.74 Å². The van der Waals surface area contributed by atoms with E-state index < -0.39 is 6.10 Å². The third-order valence-electron chi connectivity index (χ3n) is 2.83. The fraction of sp³-hybridized carbons (Fsp3) is 0.364. The Labute approximate surface area is 88.9 Å². The molecule has 0 radical (unpaired) electrons. The van der Waals surface area contributed by atoms with E-state index in [4.69, 9.17) is 15.7 Å². The topological polar surface area (TPSA) is 62.3 Å². The zero-order chi connectivity index (χ0) is 11.0. The molecule has 15 heavy (non-hydrogen) atoms. The summed E-state index contributed by atoms with van der Waals surface area (Å²) in [6.07, 6.45) is -0.466. The van der Waals surface area contributed by atoms with E-state index >= 15 is 0 Å². The highest BCUT2D eigenvalue weighted by Crippen LogP contribution is 2.39. The van der Waals surface area contributed by atoms with Gasteiger partial charge in [0.1, 0.15) is 6.07 Å². The molecule has 0 saturated carbocycles. The Kier molecular flexibility index (Phi) is 2.16. The highest BCUT2D eigenvalue weighted by atomic mass is 16.5. The molecule has 1 aliphatic rings. The molecule has 2 atom stereocenters. The van der Waals surface area contributed by atoms with Crippen molar-refractivity contribution in [3.05, 3.63) is 18.2 Å². The molecular formula is C11H13N3O. The summed E-state index contributed by atoms with van der Waals surface area (Å²) in [4.78, 5) is 2.02. The number of hydrogen-bond donors (Lipinski definition) is 1. The van der Waals surface area contributed by atoms with Crippen LogP contribution in [0.3, 0.4) is 0 Å². The van der Waals surface area contributed by atoms with Crippen molar-refractivity contribution in [3.8, 4) is 11.8 Å². The van der Waals surface area contributed by atoms with E-state index in [1.165, 1.54) is 0 Å². The van der Waals surface area contributed by atoms with Crippen molar-refractivity contribution in [2.45, 2.75) is 19.1 Å². The molecule has 4 nitrogen and oxygen atoms in total. The zero-order valence-corrected chi connectivity index (χ0v) is 8.77. The van der Waals surface area contributed by atoms with E-state index in [1.54, 1.807) is 6.07 Å². The Morgan fingerprint density at radius 1 is 1.53 bits per heavy atom. The number of nitrogens with two attached hydrogens (primary N) is 1. The average Bonchev–Trinajstić information content (AvgIpc) is 2.24. The van der Waals surface area contributed by atoms with E-state index in [0.29, 0.717) is 11.4 Å². The fourth-order valence-electron chi connectivity index (χ4n) is 1.73. The van der Waals surface area contributed by atoms with Crippen LogP contribution in [0.2, 0.25) is 0 Å². The summed E-state index contributed by atoms with van der Waals surface area (Å²) in [5.41, 5.74) is 7.32. The van der Waals surface area contributed by atoms with Gasteiger partial charge in [-0.1, -0.05) is 6.07 Å². The molecule has 0 bridgehead atoms. The van der Waals surface area contributed by atoms with Crippen molar-refractivity contribution in [2.75, 3.05) is 17.7 Å². The number of para-hydroxylation sites is 1. The number of nitrogens with zero attached hydrogens (tertiary/aromatic N) is 2. The smallest absolute Gasteiger partial charge is 0.204 e. The molecule has 0 fully saturated rings. The predicted molar refractivity (Wildman–Crippen MR) is 58.7 cm³/mol. The maximum Gasteiger partial charge on any atom is 0.204 e. The van der Waals surface area contributed by atoms with E-state index in [1.807, 2.05) is 31.0 Å². The quantitative estimate of drug-likeness (QED) is 0.647. The molecule has 0 saturated heterocycles. The molecule has 78 valence electrons. The van der Waals surface area contributed by atoms with Crippen LogP contribution in [0.1, 0.15) is 6.92 Å². The third-order valence-corrected chi connectivity index (χ3v) is 2.83. The summed E-state index contributed by atoms with van der Waals surface area (Å²) in [5, 5.41) is 8.95. The minimum absolute atomic E-state index is 0.0318. The second kappa shape index (κ2) is 3.35. The zero-order valence-electron chi connectivity index (χ0n) is 8.77. The SMILES string of the molecule is CC1C(C#N)Oc2c(N)cccc2N1C. The van der Waals surface area contributed by atoms with Gasteiger partial charge >= 0.3 is 0 Å². The Balaban J connectivity index is 2.51. The molecular weight excluding hydrogens is 190 g/mol. The lowest BCUT2D eigenvalue weighted by atomic mass is 10.1. The van der Waals surface area contributed by atoms with E-state index in [2.05, 4.69) is 6.07 Å². The lowest BCUT2D eigenvalue weighted by Crippen LogP contribution is -2.45. The third kappa shape index (κ3) is 1.37. The number of anilines is 2. The van der Waals surface area contributed by atoms with Crippen LogP contribution in [0, 0.1) is 11.3 Å². The molecule has 0 aliphatic carbocycles. The Hall–Kier alpha value is -1.89. The van der Waals surface area contributed by atoms with Gasteiger partial charge in [0, 0.05) is 7.05 Å². The van der Waals surface area contributed by atoms with E-state index in [-0.39, 0.29) is 6.04 Å². The van der Waals surface area contributed by atoms with E-state index in [0.717, 1.165) is 5.69 Å². The van der Waals surface area contributed by atoms with Gasteiger partial charge in [-0.15, -0.1) is 0 Å². The summed E-state index contributed by atoms with van der Waals surface area (Å²) < 4.78 is 5.57. The maximum absolute atomic E-state index is 8.95. The van der Waals surface area contributed by atoms with Gasteiger partial charge in [0.05, 0.1) is 17.4 Å². The second-order valence-electron chi connectivity index (χ2n) is 3.71. The Bertz CT molecular complexity index is 424. The number of ether oxygens (including phenoxy) is 1. The fourth-order valence-corrected chi connectivity index (χ4v) is 1.73. The first-order valence-electron chi connectivity index (χ1n) is 4.82. The first-order valence-corrected chi connectivity index (χ1v) is 4.82. The van der Waals surface area contributed by atoms with Crippen molar-refractivity contribution in [1.82, 2.24) is 0 Å². The normalized spacial score (nSPS) is 23.9. The molecule has 0 aromatic heterocycles. The Morgan fingerprint density at radius 2 is 2.27 bits per heavy atom. The number of hydrogen-bond acceptors (Lipinski definition) is 4. The van der Waals surface area contributed by atoms with Crippen LogP contribution in [0.4, 0.5) is 11.4 Å². The molecule has 1 heterocycles. The molecule has 2 rings (SSSR count). The number of rotatable bonds is 0. The molecule has 1 aromatic rings. The van der Waals surface area contributed by atoms with Gasteiger partial charge in [0.15, 0.2) is 5.75 Å². The number of nitriles is 1. The molecule has 0 spiro atoms. The summed E-state index contributed by atoms with van der Waals surface area (Å²) >= 11 is 0. The standard InChI is InChI=1S/C11H13N3O/c1-7-10(6-12)15-11-8(13)4-3-5-9(11)14(7)2/h3-5,7,10H,13H2,1-2H3. The largest absolute Gasteiger partial charge is 0.469 e.